The highest BCUT2D eigenvalue weighted by Crippen LogP contribution is 2.36. The van der Waals surface area contributed by atoms with Crippen molar-refractivity contribution in [1.29, 1.82) is 5.26 Å². The van der Waals surface area contributed by atoms with E-state index >= 15 is 0 Å². The molecule has 0 saturated carbocycles. The third-order valence-corrected chi connectivity index (χ3v) is 4.88. The van der Waals surface area contributed by atoms with Crippen molar-refractivity contribution in [2.45, 2.75) is 31.1 Å². The van der Waals surface area contributed by atoms with Crippen molar-refractivity contribution in [3.63, 3.8) is 0 Å². The summed E-state index contributed by atoms with van der Waals surface area (Å²) >= 11 is 0. The average Bonchev–Trinajstić information content (AvgIpc) is 2.65. The van der Waals surface area contributed by atoms with Crippen molar-refractivity contribution in [3.8, 4) is 6.07 Å². The lowest BCUT2D eigenvalue weighted by atomic mass is 9.77. The van der Waals surface area contributed by atoms with Crippen LogP contribution in [-0.4, -0.2) is 41.2 Å². The first-order valence-corrected chi connectivity index (χ1v) is 8.67. The van der Waals surface area contributed by atoms with Crippen molar-refractivity contribution in [1.82, 2.24) is 20.6 Å². The molecule has 1 aromatic carbocycles. The van der Waals surface area contributed by atoms with Crippen molar-refractivity contribution in [3.05, 3.63) is 35.7 Å². The second kappa shape index (κ2) is 7.33. The minimum atomic E-state index is -4.86. The summed E-state index contributed by atoms with van der Waals surface area (Å²) in [4.78, 5) is 20.8. The number of amides is 1. The summed E-state index contributed by atoms with van der Waals surface area (Å²) in [5, 5.41) is 15.0. The lowest BCUT2D eigenvalue weighted by molar-refractivity contribution is -0.164. The number of nitrogens with zero attached hydrogens (tertiary/aromatic N) is 3. The number of piperidine rings is 1. The minimum Gasteiger partial charge on any atom is -0.344 e. The van der Waals surface area contributed by atoms with E-state index in [0.717, 1.165) is 0 Å². The van der Waals surface area contributed by atoms with Gasteiger partial charge in [0, 0.05) is 24.5 Å². The fourth-order valence-electron chi connectivity index (χ4n) is 3.63. The number of hydrogen-bond acceptors (Lipinski definition) is 6. The Labute approximate surface area is 159 Å². The van der Waals surface area contributed by atoms with Crippen LogP contribution in [0, 0.1) is 17.2 Å². The third kappa shape index (κ3) is 3.63. The van der Waals surface area contributed by atoms with Gasteiger partial charge in [-0.05, 0) is 24.9 Å². The molecule has 148 valence electrons. The number of rotatable bonds is 3. The van der Waals surface area contributed by atoms with Crippen LogP contribution in [-0.2, 0) is 10.3 Å². The van der Waals surface area contributed by atoms with Gasteiger partial charge in [0.2, 0.25) is 5.91 Å². The smallest absolute Gasteiger partial charge is 0.344 e. The first-order chi connectivity index (χ1) is 13.2. The van der Waals surface area contributed by atoms with Crippen LogP contribution in [0.3, 0.4) is 0 Å². The van der Waals surface area contributed by atoms with Crippen molar-refractivity contribution < 1.29 is 18.0 Å². The van der Waals surface area contributed by atoms with E-state index < -0.39 is 23.7 Å². The fourth-order valence-corrected chi connectivity index (χ4v) is 3.63. The van der Waals surface area contributed by atoms with Gasteiger partial charge in [0.15, 0.2) is 6.04 Å². The maximum absolute atomic E-state index is 12.9. The summed E-state index contributed by atoms with van der Waals surface area (Å²) in [5.74, 6) is -1.25. The zero-order valence-electron chi connectivity index (χ0n) is 15.0. The molecule has 3 rings (SSSR count). The normalized spacial score (nSPS) is 23.8. The molecule has 1 aromatic heterocycles. The highest BCUT2D eigenvalue weighted by atomic mass is 19.4. The van der Waals surface area contributed by atoms with E-state index in [9.17, 15) is 23.2 Å². The van der Waals surface area contributed by atoms with Crippen LogP contribution in [0.15, 0.2) is 24.5 Å². The third-order valence-electron chi connectivity index (χ3n) is 4.88. The molecule has 10 heteroatoms. The number of carbonyl (C=O) groups excluding carboxylic acids is 1. The molecule has 2 heterocycles. The van der Waals surface area contributed by atoms with Gasteiger partial charge in [-0.1, -0.05) is 13.0 Å². The van der Waals surface area contributed by atoms with Crippen LogP contribution in [0.1, 0.15) is 24.5 Å². The van der Waals surface area contributed by atoms with Gasteiger partial charge < -0.3 is 16.4 Å². The Kier molecular flexibility index (Phi) is 5.23. The molecule has 1 fully saturated rings. The summed E-state index contributed by atoms with van der Waals surface area (Å²) < 4.78 is 38.8. The lowest BCUT2D eigenvalue weighted by Crippen LogP contribution is -2.62. The molecule has 1 amide bonds. The van der Waals surface area contributed by atoms with Gasteiger partial charge in [-0.15, -0.1) is 0 Å². The molecule has 0 unspecified atom stereocenters. The summed E-state index contributed by atoms with van der Waals surface area (Å²) in [5.41, 5.74) is 5.42. The molecule has 28 heavy (non-hydrogen) atoms. The van der Waals surface area contributed by atoms with Gasteiger partial charge >= 0.3 is 6.18 Å². The molecule has 3 atom stereocenters. The Morgan fingerprint density at radius 2 is 2.07 bits per heavy atom. The maximum Gasteiger partial charge on any atom is 0.412 e. The number of alkyl halides is 3. The zero-order chi connectivity index (χ0) is 20.5. The van der Waals surface area contributed by atoms with Crippen molar-refractivity contribution >= 4 is 16.9 Å². The average molecular weight is 392 g/mol. The molecule has 7 nitrogen and oxygen atoms in total. The van der Waals surface area contributed by atoms with Gasteiger partial charge in [-0.3, -0.25) is 14.8 Å². The quantitative estimate of drug-likeness (QED) is 0.726. The molecule has 2 aromatic rings. The molecule has 1 saturated heterocycles. The number of carbonyl (C=O) groups is 1. The standard InChI is InChI=1S/C18H19F3N6O/c1-10-6-17(9-24-8-10,27-16(28)15(23)18(19,20)21)12-3-2-11(7-22)13-14(12)26-5-4-25-13/h2-5,10,15,24H,6,8-9,23H2,1H3,(H,27,28)/t10-,15+,17-/m0/s1. The second-order valence-electron chi connectivity index (χ2n) is 7.06. The lowest BCUT2D eigenvalue weighted by Gasteiger charge is -2.42. The van der Waals surface area contributed by atoms with E-state index in [4.69, 9.17) is 5.73 Å². The van der Waals surface area contributed by atoms with Gasteiger partial charge in [0.05, 0.1) is 16.6 Å². The van der Waals surface area contributed by atoms with Crippen molar-refractivity contribution in [2.75, 3.05) is 13.1 Å². The predicted octanol–water partition coefficient (Wildman–Crippen LogP) is 1.33. The number of aromatic nitrogens is 2. The Morgan fingerprint density at radius 3 is 2.68 bits per heavy atom. The summed E-state index contributed by atoms with van der Waals surface area (Å²) in [6.45, 7) is 2.78. The first kappa shape index (κ1) is 20.0. The van der Waals surface area contributed by atoms with Crippen LogP contribution < -0.4 is 16.4 Å². The van der Waals surface area contributed by atoms with Gasteiger partial charge in [-0.2, -0.15) is 18.4 Å². The monoisotopic (exact) mass is 392 g/mol. The van der Waals surface area contributed by atoms with Crippen LogP contribution in [0.4, 0.5) is 13.2 Å². The van der Waals surface area contributed by atoms with Crippen LogP contribution >= 0.6 is 0 Å². The van der Waals surface area contributed by atoms with Crippen LogP contribution in [0.2, 0.25) is 0 Å². The molecule has 0 aliphatic carbocycles. The largest absolute Gasteiger partial charge is 0.412 e. The molecule has 1 aliphatic heterocycles. The Bertz CT molecular complexity index is 941. The van der Waals surface area contributed by atoms with E-state index in [0.29, 0.717) is 29.6 Å². The Morgan fingerprint density at radius 1 is 1.39 bits per heavy atom. The second-order valence-corrected chi connectivity index (χ2v) is 7.06. The van der Waals surface area contributed by atoms with E-state index in [-0.39, 0.29) is 18.0 Å². The van der Waals surface area contributed by atoms with E-state index in [2.05, 4.69) is 20.6 Å². The predicted molar refractivity (Wildman–Crippen MR) is 94.8 cm³/mol. The number of fused-ring (bicyclic) bond motifs is 1. The highest BCUT2D eigenvalue weighted by molar-refractivity contribution is 5.87. The molecular formula is C18H19F3N6O. The Balaban J connectivity index is 2.13. The number of nitrogens with two attached hydrogens (primary N) is 1. The molecule has 4 N–H and O–H groups in total. The van der Waals surface area contributed by atoms with E-state index in [1.165, 1.54) is 18.5 Å². The first-order valence-electron chi connectivity index (χ1n) is 8.67. The van der Waals surface area contributed by atoms with Crippen LogP contribution in [0.25, 0.3) is 11.0 Å². The van der Waals surface area contributed by atoms with E-state index in [1.54, 1.807) is 6.07 Å². The van der Waals surface area contributed by atoms with Gasteiger partial charge in [0.1, 0.15) is 11.6 Å². The van der Waals surface area contributed by atoms with Crippen LogP contribution in [0.5, 0.6) is 0 Å². The number of nitrogens with one attached hydrogen (secondary N) is 2. The summed E-state index contributed by atoms with van der Waals surface area (Å²) in [6.07, 6.45) is -1.61. The SMILES string of the molecule is C[C@@H]1CNC[C@](NC(=O)[C@@H](N)C(F)(F)F)(c2ccc(C#N)c3nccnc23)C1. The summed E-state index contributed by atoms with van der Waals surface area (Å²) in [7, 11) is 0. The minimum absolute atomic E-state index is 0.0681. The maximum atomic E-state index is 12.9. The number of hydrogen-bond donors (Lipinski definition) is 3. The summed E-state index contributed by atoms with van der Waals surface area (Å²) in [6, 6.07) is 2.52. The molecule has 0 spiro atoms. The zero-order valence-corrected chi connectivity index (χ0v) is 15.0. The van der Waals surface area contributed by atoms with Crippen molar-refractivity contribution in [2.24, 2.45) is 11.7 Å². The molecule has 0 bridgehead atoms. The van der Waals surface area contributed by atoms with E-state index in [1.807, 2.05) is 13.0 Å². The number of benzene rings is 1. The number of halogens is 3. The highest BCUT2D eigenvalue weighted by Gasteiger charge is 2.46. The molecular weight excluding hydrogens is 373 g/mol. The molecule has 0 radical (unpaired) electrons. The van der Waals surface area contributed by atoms with Gasteiger partial charge in [0.25, 0.3) is 0 Å². The topological polar surface area (TPSA) is 117 Å². The number of nitriles is 1. The Hall–Kier alpha value is -2.77. The van der Waals surface area contributed by atoms with Gasteiger partial charge in [-0.25, -0.2) is 0 Å². The molecule has 1 aliphatic rings. The fraction of sp³-hybridized carbons (Fsp3) is 0.444.